The van der Waals surface area contributed by atoms with Crippen molar-refractivity contribution in [2.45, 2.75) is 10.3 Å². The van der Waals surface area contributed by atoms with E-state index in [0.717, 1.165) is 44.5 Å². The first-order valence-corrected chi connectivity index (χ1v) is 10.3. The third kappa shape index (κ3) is 2.87. The van der Waals surface area contributed by atoms with Crippen molar-refractivity contribution in [1.82, 2.24) is 19.9 Å². The van der Waals surface area contributed by atoms with Gasteiger partial charge in [-0.1, -0.05) is 36.0 Å². The van der Waals surface area contributed by atoms with Crippen LogP contribution in [-0.4, -0.2) is 44.6 Å². The number of para-hydroxylation sites is 3. The SMILES string of the molecule is O=C(CSc1nc2ccccc2s1)N1CC(c2nc3ccccc3[nH]2)C1. The van der Waals surface area contributed by atoms with E-state index >= 15 is 0 Å². The van der Waals surface area contributed by atoms with Crippen LogP contribution < -0.4 is 0 Å². The van der Waals surface area contributed by atoms with Crippen LogP contribution in [0.1, 0.15) is 11.7 Å². The topological polar surface area (TPSA) is 61.9 Å². The predicted octanol–water partition coefficient (Wildman–Crippen LogP) is 3.89. The molecule has 3 heterocycles. The first-order valence-electron chi connectivity index (χ1n) is 8.47. The average molecular weight is 380 g/mol. The summed E-state index contributed by atoms with van der Waals surface area (Å²) in [7, 11) is 0. The molecule has 1 aliphatic rings. The van der Waals surface area contributed by atoms with Crippen molar-refractivity contribution in [1.29, 1.82) is 0 Å². The van der Waals surface area contributed by atoms with Crippen molar-refractivity contribution in [3.05, 3.63) is 54.4 Å². The van der Waals surface area contributed by atoms with Gasteiger partial charge in [0.1, 0.15) is 5.82 Å². The van der Waals surface area contributed by atoms with Crippen LogP contribution in [0.5, 0.6) is 0 Å². The number of amides is 1. The lowest BCUT2D eigenvalue weighted by Crippen LogP contribution is -2.49. The molecule has 0 saturated carbocycles. The van der Waals surface area contributed by atoms with Crippen LogP contribution in [0.3, 0.4) is 0 Å². The van der Waals surface area contributed by atoms with E-state index in [9.17, 15) is 4.79 Å². The minimum Gasteiger partial charge on any atom is -0.342 e. The number of carbonyl (C=O) groups excluding carboxylic acids is 1. The molecular weight excluding hydrogens is 364 g/mol. The molecule has 130 valence electrons. The Labute approximate surface area is 158 Å². The lowest BCUT2D eigenvalue weighted by molar-refractivity contribution is -0.132. The van der Waals surface area contributed by atoms with E-state index in [0.29, 0.717) is 11.7 Å². The molecule has 1 saturated heterocycles. The zero-order valence-corrected chi connectivity index (χ0v) is 15.5. The highest BCUT2D eigenvalue weighted by molar-refractivity contribution is 8.01. The standard InChI is InChI=1S/C19H16N4OS2/c24-17(11-25-19-22-15-7-3-4-8-16(15)26-19)23-9-12(10-23)18-20-13-5-1-2-6-14(13)21-18/h1-8,12H,9-11H2,(H,20,21). The second-order valence-electron chi connectivity index (χ2n) is 6.37. The molecule has 1 N–H and O–H groups in total. The number of fused-ring (bicyclic) bond motifs is 2. The third-order valence-electron chi connectivity index (χ3n) is 4.62. The maximum atomic E-state index is 12.4. The Balaban J connectivity index is 1.18. The summed E-state index contributed by atoms with van der Waals surface area (Å²) >= 11 is 3.17. The number of H-pyrrole nitrogens is 1. The fourth-order valence-corrected chi connectivity index (χ4v) is 5.12. The minimum absolute atomic E-state index is 0.168. The van der Waals surface area contributed by atoms with Gasteiger partial charge in [0.05, 0.1) is 32.9 Å². The molecule has 2 aromatic heterocycles. The zero-order chi connectivity index (χ0) is 17.5. The largest absolute Gasteiger partial charge is 0.342 e. The maximum Gasteiger partial charge on any atom is 0.233 e. The monoisotopic (exact) mass is 380 g/mol. The van der Waals surface area contributed by atoms with Gasteiger partial charge < -0.3 is 9.88 Å². The van der Waals surface area contributed by atoms with Crippen molar-refractivity contribution < 1.29 is 4.79 Å². The smallest absolute Gasteiger partial charge is 0.233 e. The second-order valence-corrected chi connectivity index (χ2v) is 8.62. The summed E-state index contributed by atoms with van der Waals surface area (Å²) in [6, 6.07) is 16.1. The summed E-state index contributed by atoms with van der Waals surface area (Å²) in [6.07, 6.45) is 0. The molecule has 0 unspecified atom stereocenters. The lowest BCUT2D eigenvalue weighted by atomic mass is 10.00. The van der Waals surface area contributed by atoms with Crippen LogP contribution in [0.4, 0.5) is 0 Å². The summed E-state index contributed by atoms with van der Waals surface area (Å²) in [5.74, 6) is 1.89. The van der Waals surface area contributed by atoms with Gasteiger partial charge in [0, 0.05) is 13.1 Å². The van der Waals surface area contributed by atoms with E-state index in [1.807, 2.05) is 47.4 Å². The summed E-state index contributed by atoms with van der Waals surface area (Å²) in [5.41, 5.74) is 3.04. The van der Waals surface area contributed by atoms with E-state index in [4.69, 9.17) is 0 Å². The van der Waals surface area contributed by atoms with E-state index in [1.54, 1.807) is 11.3 Å². The van der Waals surface area contributed by atoms with Gasteiger partial charge in [0.2, 0.25) is 5.91 Å². The molecule has 0 aliphatic carbocycles. The molecule has 5 rings (SSSR count). The van der Waals surface area contributed by atoms with Crippen LogP contribution in [0.25, 0.3) is 21.3 Å². The fraction of sp³-hybridized carbons (Fsp3) is 0.211. The molecule has 26 heavy (non-hydrogen) atoms. The normalized spacial score (nSPS) is 14.8. The number of nitrogens with one attached hydrogen (secondary N) is 1. The number of thiazole rings is 1. The van der Waals surface area contributed by atoms with E-state index in [-0.39, 0.29) is 5.91 Å². The number of carbonyl (C=O) groups is 1. The summed E-state index contributed by atoms with van der Waals surface area (Å²) < 4.78 is 2.12. The van der Waals surface area contributed by atoms with E-state index < -0.39 is 0 Å². The number of aromatic amines is 1. The number of benzene rings is 2. The number of aromatic nitrogens is 3. The molecule has 1 amide bonds. The van der Waals surface area contributed by atoms with Crippen LogP contribution in [0, 0.1) is 0 Å². The van der Waals surface area contributed by atoms with Crippen LogP contribution in [-0.2, 0) is 4.79 Å². The number of imidazole rings is 1. The number of thioether (sulfide) groups is 1. The second kappa shape index (κ2) is 6.41. The fourth-order valence-electron chi connectivity index (χ4n) is 3.15. The zero-order valence-electron chi connectivity index (χ0n) is 13.9. The third-order valence-corrected chi connectivity index (χ3v) is 6.79. The highest BCUT2D eigenvalue weighted by atomic mass is 32.2. The summed E-state index contributed by atoms with van der Waals surface area (Å²) in [4.78, 5) is 26.9. The molecular formula is C19H16N4OS2. The van der Waals surface area contributed by atoms with Gasteiger partial charge in [0.25, 0.3) is 0 Å². The highest BCUT2D eigenvalue weighted by Gasteiger charge is 2.33. The van der Waals surface area contributed by atoms with Crippen molar-refractivity contribution >= 4 is 50.3 Å². The van der Waals surface area contributed by atoms with Gasteiger partial charge in [-0.2, -0.15) is 0 Å². The highest BCUT2D eigenvalue weighted by Crippen LogP contribution is 2.31. The molecule has 0 radical (unpaired) electrons. The maximum absolute atomic E-state index is 12.4. The molecule has 2 aromatic carbocycles. The van der Waals surface area contributed by atoms with Gasteiger partial charge in [-0.15, -0.1) is 11.3 Å². The van der Waals surface area contributed by atoms with Crippen molar-refractivity contribution in [3.63, 3.8) is 0 Å². The molecule has 0 atom stereocenters. The van der Waals surface area contributed by atoms with Gasteiger partial charge in [-0.05, 0) is 24.3 Å². The Bertz CT molecular complexity index is 1030. The first kappa shape index (κ1) is 15.8. The molecule has 1 fully saturated rings. The Morgan fingerprint density at radius 2 is 1.88 bits per heavy atom. The predicted molar refractivity (Wildman–Crippen MR) is 106 cm³/mol. The van der Waals surface area contributed by atoms with Crippen molar-refractivity contribution in [2.24, 2.45) is 0 Å². The summed E-state index contributed by atoms with van der Waals surface area (Å²) in [5, 5.41) is 0. The van der Waals surface area contributed by atoms with E-state index in [1.165, 1.54) is 11.8 Å². The summed E-state index contributed by atoms with van der Waals surface area (Å²) in [6.45, 7) is 1.47. The van der Waals surface area contributed by atoms with Crippen molar-refractivity contribution in [2.75, 3.05) is 18.8 Å². The minimum atomic E-state index is 0.168. The van der Waals surface area contributed by atoms with Crippen molar-refractivity contribution in [3.8, 4) is 0 Å². The molecule has 7 heteroatoms. The number of hydrogen-bond donors (Lipinski definition) is 1. The Kier molecular flexibility index (Phi) is 3.90. The molecule has 5 nitrogen and oxygen atoms in total. The number of nitrogens with zero attached hydrogens (tertiary/aromatic N) is 3. The van der Waals surface area contributed by atoms with Gasteiger partial charge in [-0.25, -0.2) is 9.97 Å². The van der Waals surface area contributed by atoms with Gasteiger partial charge in [-0.3, -0.25) is 4.79 Å². The molecule has 0 spiro atoms. The average Bonchev–Trinajstić information content (AvgIpc) is 3.21. The number of hydrogen-bond acceptors (Lipinski definition) is 5. The Morgan fingerprint density at radius 3 is 2.69 bits per heavy atom. The first-order chi connectivity index (χ1) is 12.8. The molecule has 1 aliphatic heterocycles. The lowest BCUT2D eigenvalue weighted by Gasteiger charge is -2.38. The Hall–Kier alpha value is -2.38. The quantitative estimate of drug-likeness (QED) is 0.546. The Morgan fingerprint density at radius 1 is 1.12 bits per heavy atom. The number of rotatable bonds is 4. The molecule has 0 bridgehead atoms. The van der Waals surface area contributed by atoms with Crippen LogP contribution in [0.2, 0.25) is 0 Å². The number of likely N-dealkylation sites (tertiary alicyclic amines) is 1. The van der Waals surface area contributed by atoms with Crippen LogP contribution >= 0.6 is 23.1 Å². The molecule has 4 aromatic rings. The van der Waals surface area contributed by atoms with Crippen LogP contribution in [0.15, 0.2) is 52.9 Å². The van der Waals surface area contributed by atoms with Gasteiger partial charge in [0.15, 0.2) is 4.34 Å². The van der Waals surface area contributed by atoms with Gasteiger partial charge >= 0.3 is 0 Å². The van der Waals surface area contributed by atoms with E-state index in [2.05, 4.69) is 21.0 Å².